The molecule has 2 nitrogen and oxygen atoms in total. The lowest BCUT2D eigenvalue weighted by Gasteiger charge is -2.10. The van der Waals surface area contributed by atoms with Crippen LogP contribution < -0.4 is 5.32 Å². The third kappa shape index (κ3) is 2.86. The van der Waals surface area contributed by atoms with Gasteiger partial charge >= 0.3 is 0 Å². The SMILES string of the molecule is O=C(NC1CC1c1ccccc1)C(Cl)c1ccccc1. The Hall–Kier alpha value is -1.80. The highest BCUT2D eigenvalue weighted by molar-refractivity contribution is 6.30. The van der Waals surface area contributed by atoms with Crippen molar-refractivity contribution in [3.63, 3.8) is 0 Å². The van der Waals surface area contributed by atoms with Gasteiger partial charge in [-0.1, -0.05) is 60.7 Å². The largest absolute Gasteiger partial charge is 0.351 e. The number of nitrogens with one attached hydrogen (secondary N) is 1. The van der Waals surface area contributed by atoms with Gasteiger partial charge in [-0.25, -0.2) is 0 Å². The van der Waals surface area contributed by atoms with Gasteiger partial charge in [-0.2, -0.15) is 0 Å². The summed E-state index contributed by atoms with van der Waals surface area (Å²) in [5.74, 6) is 0.320. The van der Waals surface area contributed by atoms with Crippen LogP contribution in [-0.2, 0) is 4.79 Å². The van der Waals surface area contributed by atoms with Gasteiger partial charge in [0.1, 0.15) is 5.38 Å². The first-order chi connectivity index (χ1) is 9.75. The molecular weight excluding hydrogens is 270 g/mol. The van der Waals surface area contributed by atoms with E-state index in [-0.39, 0.29) is 11.9 Å². The van der Waals surface area contributed by atoms with Crippen LogP contribution in [0.5, 0.6) is 0 Å². The minimum absolute atomic E-state index is 0.110. The Morgan fingerprint density at radius 2 is 1.65 bits per heavy atom. The average Bonchev–Trinajstić information content (AvgIpc) is 3.27. The molecule has 0 aromatic heterocycles. The average molecular weight is 286 g/mol. The standard InChI is InChI=1S/C17H16ClNO/c18-16(13-9-5-2-6-10-13)17(20)19-15-11-14(15)12-7-3-1-4-8-12/h1-10,14-16H,11H2,(H,19,20). The Morgan fingerprint density at radius 1 is 1.05 bits per heavy atom. The zero-order valence-electron chi connectivity index (χ0n) is 11.0. The molecule has 3 heteroatoms. The maximum atomic E-state index is 12.1. The molecule has 0 bridgehead atoms. The van der Waals surface area contributed by atoms with Crippen molar-refractivity contribution < 1.29 is 4.79 Å². The Kier molecular flexibility index (Phi) is 3.75. The first kappa shape index (κ1) is 13.2. The molecule has 3 atom stereocenters. The van der Waals surface area contributed by atoms with Gasteiger partial charge in [0, 0.05) is 12.0 Å². The van der Waals surface area contributed by atoms with Crippen molar-refractivity contribution in [3.8, 4) is 0 Å². The van der Waals surface area contributed by atoms with Crippen LogP contribution >= 0.6 is 11.6 Å². The van der Waals surface area contributed by atoms with Crippen molar-refractivity contribution in [2.45, 2.75) is 23.8 Å². The lowest BCUT2D eigenvalue weighted by atomic mass is 10.1. The van der Waals surface area contributed by atoms with Gasteiger partial charge in [0.2, 0.25) is 5.91 Å². The second-order valence-corrected chi connectivity index (χ2v) is 5.58. The van der Waals surface area contributed by atoms with Crippen molar-refractivity contribution in [2.24, 2.45) is 0 Å². The number of hydrogen-bond acceptors (Lipinski definition) is 1. The molecule has 0 radical (unpaired) electrons. The summed E-state index contributed by atoms with van der Waals surface area (Å²) in [5.41, 5.74) is 2.12. The van der Waals surface area contributed by atoms with Crippen molar-refractivity contribution >= 4 is 17.5 Å². The minimum atomic E-state index is -0.617. The summed E-state index contributed by atoms with van der Waals surface area (Å²) >= 11 is 6.21. The van der Waals surface area contributed by atoms with Gasteiger partial charge < -0.3 is 5.32 Å². The number of carbonyl (C=O) groups is 1. The Labute approximate surface area is 123 Å². The van der Waals surface area contributed by atoms with Gasteiger partial charge in [0.15, 0.2) is 0 Å². The van der Waals surface area contributed by atoms with Crippen molar-refractivity contribution in [1.29, 1.82) is 0 Å². The molecular formula is C17H16ClNO. The van der Waals surface area contributed by atoms with Crippen LogP contribution in [0.25, 0.3) is 0 Å². The van der Waals surface area contributed by atoms with Gasteiger partial charge in [0.05, 0.1) is 0 Å². The third-order valence-corrected chi connectivity index (χ3v) is 4.12. The lowest BCUT2D eigenvalue weighted by Crippen LogP contribution is -2.29. The number of rotatable bonds is 4. The molecule has 3 unspecified atom stereocenters. The summed E-state index contributed by atoms with van der Waals surface area (Å²) in [7, 11) is 0. The Morgan fingerprint density at radius 3 is 2.30 bits per heavy atom. The second-order valence-electron chi connectivity index (χ2n) is 5.14. The predicted octanol–water partition coefficient (Wildman–Crippen LogP) is 3.64. The topological polar surface area (TPSA) is 29.1 Å². The molecule has 1 amide bonds. The Bertz CT molecular complexity index is 584. The number of carbonyl (C=O) groups excluding carboxylic acids is 1. The summed E-state index contributed by atoms with van der Waals surface area (Å²) in [6, 6.07) is 19.9. The summed E-state index contributed by atoms with van der Waals surface area (Å²) < 4.78 is 0. The quantitative estimate of drug-likeness (QED) is 0.854. The highest BCUT2D eigenvalue weighted by Gasteiger charge is 2.40. The molecule has 1 fully saturated rings. The molecule has 1 aliphatic carbocycles. The van der Waals surface area contributed by atoms with E-state index < -0.39 is 5.38 Å². The zero-order valence-corrected chi connectivity index (χ0v) is 11.8. The summed E-state index contributed by atoms with van der Waals surface area (Å²) in [6.07, 6.45) is 0.994. The van der Waals surface area contributed by atoms with E-state index in [1.807, 2.05) is 48.5 Å². The van der Waals surface area contributed by atoms with E-state index in [1.165, 1.54) is 5.56 Å². The van der Waals surface area contributed by atoms with Crippen LogP contribution in [0.3, 0.4) is 0 Å². The number of benzene rings is 2. The van der Waals surface area contributed by atoms with E-state index >= 15 is 0 Å². The van der Waals surface area contributed by atoms with E-state index in [4.69, 9.17) is 11.6 Å². The molecule has 0 spiro atoms. The van der Waals surface area contributed by atoms with Crippen molar-refractivity contribution in [2.75, 3.05) is 0 Å². The molecule has 2 aromatic carbocycles. The van der Waals surface area contributed by atoms with Gasteiger partial charge in [0.25, 0.3) is 0 Å². The molecule has 0 heterocycles. The summed E-state index contributed by atoms with van der Waals surface area (Å²) in [6.45, 7) is 0. The monoisotopic (exact) mass is 285 g/mol. The molecule has 102 valence electrons. The number of halogens is 1. The fourth-order valence-electron chi connectivity index (χ4n) is 2.45. The first-order valence-corrected chi connectivity index (χ1v) is 7.23. The normalized spacial score (nSPS) is 22.1. The summed E-state index contributed by atoms with van der Waals surface area (Å²) in [5, 5.41) is 2.41. The first-order valence-electron chi connectivity index (χ1n) is 6.80. The number of hydrogen-bond donors (Lipinski definition) is 1. The number of amides is 1. The van der Waals surface area contributed by atoms with Crippen molar-refractivity contribution in [1.82, 2.24) is 5.32 Å². The van der Waals surface area contributed by atoms with E-state index in [9.17, 15) is 4.79 Å². The van der Waals surface area contributed by atoms with Crippen LogP contribution in [0, 0.1) is 0 Å². The maximum absolute atomic E-state index is 12.1. The van der Waals surface area contributed by atoms with Gasteiger partial charge in [-0.3, -0.25) is 4.79 Å². The lowest BCUT2D eigenvalue weighted by molar-refractivity contribution is -0.121. The van der Waals surface area contributed by atoms with E-state index in [0.29, 0.717) is 5.92 Å². The minimum Gasteiger partial charge on any atom is -0.351 e. The van der Waals surface area contributed by atoms with Crippen molar-refractivity contribution in [3.05, 3.63) is 71.8 Å². The zero-order chi connectivity index (χ0) is 13.9. The maximum Gasteiger partial charge on any atom is 0.242 e. The van der Waals surface area contributed by atoms with Crippen LogP contribution in [-0.4, -0.2) is 11.9 Å². The Balaban J connectivity index is 1.59. The molecule has 1 aliphatic rings. The number of alkyl halides is 1. The van der Waals surface area contributed by atoms with E-state index in [0.717, 1.165) is 12.0 Å². The molecule has 0 aliphatic heterocycles. The second kappa shape index (κ2) is 5.68. The van der Waals surface area contributed by atoms with Crippen LogP contribution in [0.2, 0.25) is 0 Å². The predicted molar refractivity (Wildman–Crippen MR) is 80.8 cm³/mol. The van der Waals surface area contributed by atoms with Crippen LogP contribution in [0.15, 0.2) is 60.7 Å². The van der Waals surface area contributed by atoms with Crippen LogP contribution in [0.4, 0.5) is 0 Å². The fraction of sp³-hybridized carbons (Fsp3) is 0.235. The molecule has 20 heavy (non-hydrogen) atoms. The molecule has 0 saturated heterocycles. The van der Waals surface area contributed by atoms with E-state index in [2.05, 4.69) is 17.4 Å². The third-order valence-electron chi connectivity index (χ3n) is 3.67. The fourth-order valence-corrected chi connectivity index (χ4v) is 2.66. The molecule has 2 aromatic rings. The summed E-state index contributed by atoms with van der Waals surface area (Å²) in [4.78, 5) is 12.1. The van der Waals surface area contributed by atoms with Gasteiger partial charge in [-0.15, -0.1) is 11.6 Å². The highest BCUT2D eigenvalue weighted by atomic mass is 35.5. The smallest absolute Gasteiger partial charge is 0.242 e. The van der Waals surface area contributed by atoms with Crippen LogP contribution in [0.1, 0.15) is 28.8 Å². The molecule has 1 N–H and O–H groups in total. The highest BCUT2D eigenvalue weighted by Crippen LogP contribution is 2.41. The van der Waals surface area contributed by atoms with Gasteiger partial charge in [-0.05, 0) is 17.5 Å². The molecule has 3 rings (SSSR count). The molecule has 1 saturated carbocycles. The van der Waals surface area contributed by atoms with E-state index in [1.54, 1.807) is 0 Å².